The Hall–Kier alpha value is -1.39. The lowest BCUT2D eigenvalue weighted by atomic mass is 9.97. The van der Waals surface area contributed by atoms with Crippen LogP contribution in [0, 0.1) is 0 Å². The zero-order chi connectivity index (χ0) is 14.5. The van der Waals surface area contributed by atoms with Crippen molar-refractivity contribution in [1.29, 1.82) is 0 Å². The summed E-state index contributed by atoms with van der Waals surface area (Å²) in [6, 6.07) is 0. The summed E-state index contributed by atoms with van der Waals surface area (Å²) >= 11 is 0. The van der Waals surface area contributed by atoms with Crippen molar-refractivity contribution in [3.63, 3.8) is 0 Å². The van der Waals surface area contributed by atoms with Crippen LogP contribution in [0.2, 0.25) is 0 Å². The molecule has 2 heterocycles. The Morgan fingerprint density at radius 3 is 3.00 bits per heavy atom. The lowest BCUT2D eigenvalue weighted by molar-refractivity contribution is -0.132. The van der Waals surface area contributed by atoms with Crippen molar-refractivity contribution in [2.75, 3.05) is 13.1 Å². The summed E-state index contributed by atoms with van der Waals surface area (Å²) in [5.74, 6) is 2.27. The van der Waals surface area contributed by atoms with Gasteiger partial charge >= 0.3 is 0 Å². The van der Waals surface area contributed by atoms with Crippen LogP contribution in [0.15, 0.2) is 4.52 Å². The third kappa shape index (κ3) is 3.38. The van der Waals surface area contributed by atoms with E-state index in [1.165, 1.54) is 0 Å². The van der Waals surface area contributed by atoms with E-state index in [-0.39, 0.29) is 11.8 Å². The standard InChI is InChI=1S/C15H25N3O2/c1-4-7-13(19)18-9-6-8-12(10-18)15-16-14(17-20-15)11(3)5-2/h11-12H,4-10H2,1-3H3/t11-,12-/m0/s1. The molecule has 0 bridgehead atoms. The number of amides is 1. The molecular weight excluding hydrogens is 254 g/mol. The van der Waals surface area contributed by atoms with Gasteiger partial charge in [0.15, 0.2) is 5.82 Å². The van der Waals surface area contributed by atoms with Crippen LogP contribution < -0.4 is 0 Å². The minimum atomic E-state index is 0.204. The molecule has 0 radical (unpaired) electrons. The van der Waals surface area contributed by atoms with Crippen LogP contribution in [0.3, 0.4) is 0 Å². The predicted octanol–water partition coefficient (Wildman–Crippen LogP) is 3.09. The molecule has 0 unspecified atom stereocenters. The molecule has 20 heavy (non-hydrogen) atoms. The SMILES string of the molecule is CCCC(=O)N1CCC[C@H](c2nc([C@@H](C)CC)no2)C1. The Labute approximate surface area is 120 Å². The predicted molar refractivity (Wildman–Crippen MR) is 76.5 cm³/mol. The molecule has 2 atom stereocenters. The molecule has 0 N–H and O–H groups in total. The topological polar surface area (TPSA) is 59.2 Å². The van der Waals surface area contributed by atoms with Crippen molar-refractivity contribution in [2.45, 2.75) is 64.7 Å². The van der Waals surface area contributed by atoms with Crippen molar-refractivity contribution in [1.82, 2.24) is 15.0 Å². The van der Waals surface area contributed by atoms with Gasteiger partial charge in [0.1, 0.15) is 0 Å². The fourth-order valence-corrected chi connectivity index (χ4v) is 2.57. The first-order chi connectivity index (χ1) is 9.65. The molecule has 1 aromatic rings. The van der Waals surface area contributed by atoms with Gasteiger partial charge in [-0.3, -0.25) is 4.79 Å². The molecule has 1 aromatic heterocycles. The first-order valence-corrected chi connectivity index (χ1v) is 7.76. The number of piperidine rings is 1. The third-order valence-corrected chi connectivity index (χ3v) is 4.10. The fraction of sp³-hybridized carbons (Fsp3) is 0.800. The Balaban J connectivity index is 2.01. The molecule has 0 spiro atoms. The number of hydrogen-bond donors (Lipinski definition) is 0. The van der Waals surface area contributed by atoms with Gasteiger partial charge in [-0.2, -0.15) is 4.98 Å². The van der Waals surface area contributed by atoms with Gasteiger partial charge in [0, 0.05) is 25.4 Å². The van der Waals surface area contributed by atoms with E-state index in [9.17, 15) is 4.79 Å². The summed E-state index contributed by atoms with van der Waals surface area (Å²) in [6.45, 7) is 7.84. The van der Waals surface area contributed by atoms with Crippen molar-refractivity contribution in [3.8, 4) is 0 Å². The van der Waals surface area contributed by atoms with Gasteiger partial charge in [0.05, 0.1) is 5.92 Å². The highest BCUT2D eigenvalue weighted by atomic mass is 16.5. The molecule has 112 valence electrons. The highest BCUT2D eigenvalue weighted by Gasteiger charge is 2.28. The second-order valence-electron chi connectivity index (χ2n) is 5.73. The number of rotatable bonds is 5. The van der Waals surface area contributed by atoms with Gasteiger partial charge < -0.3 is 9.42 Å². The van der Waals surface area contributed by atoms with E-state index < -0.39 is 0 Å². The van der Waals surface area contributed by atoms with Gasteiger partial charge in [0.2, 0.25) is 11.8 Å². The van der Waals surface area contributed by atoms with Gasteiger partial charge in [-0.25, -0.2) is 0 Å². The van der Waals surface area contributed by atoms with Gasteiger partial charge in [-0.05, 0) is 25.7 Å². The zero-order valence-corrected chi connectivity index (χ0v) is 12.8. The molecule has 5 heteroatoms. The summed E-state index contributed by atoms with van der Waals surface area (Å²) in [5, 5.41) is 4.08. The van der Waals surface area contributed by atoms with Crippen LogP contribution in [0.4, 0.5) is 0 Å². The maximum absolute atomic E-state index is 12.0. The summed E-state index contributed by atoms with van der Waals surface area (Å²) < 4.78 is 5.42. The molecule has 0 aliphatic carbocycles. The lowest BCUT2D eigenvalue weighted by Crippen LogP contribution is -2.39. The summed E-state index contributed by atoms with van der Waals surface area (Å²) in [7, 11) is 0. The van der Waals surface area contributed by atoms with Gasteiger partial charge in [-0.15, -0.1) is 0 Å². The van der Waals surface area contributed by atoms with Gasteiger partial charge in [-0.1, -0.05) is 25.9 Å². The number of hydrogen-bond acceptors (Lipinski definition) is 4. The Morgan fingerprint density at radius 1 is 1.50 bits per heavy atom. The lowest BCUT2D eigenvalue weighted by Gasteiger charge is -2.31. The number of likely N-dealkylation sites (tertiary alicyclic amines) is 1. The van der Waals surface area contributed by atoms with E-state index in [0.717, 1.165) is 44.6 Å². The minimum Gasteiger partial charge on any atom is -0.342 e. The molecule has 0 aromatic carbocycles. The number of nitrogens with zero attached hydrogens (tertiary/aromatic N) is 3. The molecule has 1 saturated heterocycles. The summed E-state index contributed by atoms with van der Waals surface area (Å²) in [6.07, 6.45) is 4.58. The average Bonchev–Trinajstić information content (AvgIpc) is 2.96. The number of carbonyl (C=O) groups is 1. The third-order valence-electron chi connectivity index (χ3n) is 4.10. The second kappa shape index (κ2) is 6.86. The molecule has 1 aliphatic rings. The maximum Gasteiger partial charge on any atom is 0.231 e. The molecule has 2 rings (SSSR count). The van der Waals surface area contributed by atoms with E-state index in [4.69, 9.17) is 4.52 Å². The first-order valence-electron chi connectivity index (χ1n) is 7.76. The van der Waals surface area contributed by atoms with Crippen LogP contribution in [0.1, 0.15) is 76.4 Å². The average molecular weight is 279 g/mol. The van der Waals surface area contributed by atoms with E-state index in [1.807, 2.05) is 11.8 Å². The van der Waals surface area contributed by atoms with E-state index >= 15 is 0 Å². The summed E-state index contributed by atoms with van der Waals surface area (Å²) in [5.41, 5.74) is 0. The Morgan fingerprint density at radius 2 is 2.30 bits per heavy atom. The van der Waals surface area contributed by atoms with Crippen LogP contribution >= 0.6 is 0 Å². The molecule has 5 nitrogen and oxygen atoms in total. The summed E-state index contributed by atoms with van der Waals surface area (Å²) in [4.78, 5) is 18.5. The van der Waals surface area contributed by atoms with Crippen molar-refractivity contribution >= 4 is 5.91 Å². The molecule has 0 saturated carbocycles. The van der Waals surface area contributed by atoms with E-state index in [0.29, 0.717) is 18.2 Å². The quantitative estimate of drug-likeness (QED) is 0.831. The van der Waals surface area contributed by atoms with Crippen LogP contribution in [-0.2, 0) is 4.79 Å². The smallest absolute Gasteiger partial charge is 0.231 e. The van der Waals surface area contributed by atoms with Gasteiger partial charge in [0.25, 0.3) is 0 Å². The Bertz CT molecular complexity index is 444. The van der Waals surface area contributed by atoms with Crippen molar-refractivity contribution < 1.29 is 9.32 Å². The fourth-order valence-electron chi connectivity index (χ4n) is 2.57. The first kappa shape index (κ1) is 15.0. The second-order valence-corrected chi connectivity index (χ2v) is 5.73. The van der Waals surface area contributed by atoms with Crippen molar-refractivity contribution in [2.24, 2.45) is 0 Å². The monoisotopic (exact) mass is 279 g/mol. The van der Waals surface area contributed by atoms with Crippen LogP contribution in [0.25, 0.3) is 0 Å². The number of aromatic nitrogens is 2. The normalized spacial score (nSPS) is 20.9. The van der Waals surface area contributed by atoms with Crippen molar-refractivity contribution in [3.05, 3.63) is 11.7 Å². The van der Waals surface area contributed by atoms with E-state index in [2.05, 4.69) is 24.0 Å². The number of carbonyl (C=O) groups excluding carboxylic acids is 1. The highest BCUT2D eigenvalue weighted by Crippen LogP contribution is 2.27. The molecule has 1 fully saturated rings. The Kier molecular flexibility index (Phi) is 5.15. The van der Waals surface area contributed by atoms with Crippen LogP contribution in [0.5, 0.6) is 0 Å². The minimum absolute atomic E-state index is 0.204. The van der Waals surface area contributed by atoms with Crippen LogP contribution in [-0.4, -0.2) is 34.0 Å². The molecule has 1 amide bonds. The van der Waals surface area contributed by atoms with E-state index in [1.54, 1.807) is 0 Å². The zero-order valence-electron chi connectivity index (χ0n) is 12.8. The molecule has 1 aliphatic heterocycles. The maximum atomic E-state index is 12.0. The largest absolute Gasteiger partial charge is 0.342 e. The molecular formula is C15H25N3O2. The highest BCUT2D eigenvalue weighted by molar-refractivity contribution is 5.76.